The number of anilines is 1. The molecular formula is C26H28F2N4O2. The van der Waals surface area contributed by atoms with Crippen LogP contribution in [-0.4, -0.2) is 33.6 Å². The summed E-state index contributed by atoms with van der Waals surface area (Å²) in [4.78, 5) is 26.8. The van der Waals surface area contributed by atoms with E-state index in [9.17, 15) is 18.4 Å². The van der Waals surface area contributed by atoms with E-state index in [1.165, 1.54) is 19.3 Å². The summed E-state index contributed by atoms with van der Waals surface area (Å²) in [6.07, 6.45) is 7.66. The second kappa shape index (κ2) is 8.81. The zero-order valence-electron chi connectivity index (χ0n) is 19.1. The maximum absolute atomic E-state index is 13.6. The summed E-state index contributed by atoms with van der Waals surface area (Å²) >= 11 is 0. The van der Waals surface area contributed by atoms with Crippen LogP contribution in [0.4, 0.5) is 14.5 Å². The predicted octanol–water partition coefficient (Wildman–Crippen LogP) is 5.16. The fraction of sp³-hybridized carbons (Fsp3) is 0.423. The average molecular weight is 467 g/mol. The third kappa shape index (κ3) is 4.17. The number of carbonyl (C=O) groups excluding carboxylic acids is 2. The number of benzene rings is 2. The maximum Gasteiger partial charge on any atom is 0.321 e. The summed E-state index contributed by atoms with van der Waals surface area (Å²) in [7, 11) is 0. The molecule has 1 aromatic heterocycles. The summed E-state index contributed by atoms with van der Waals surface area (Å²) < 4.78 is 29.3. The summed E-state index contributed by atoms with van der Waals surface area (Å²) in [6.45, 7) is 0.562. The van der Waals surface area contributed by atoms with Gasteiger partial charge in [-0.05, 0) is 36.6 Å². The first-order chi connectivity index (χ1) is 16.3. The molecule has 0 spiro atoms. The van der Waals surface area contributed by atoms with Gasteiger partial charge in [-0.3, -0.25) is 14.3 Å². The molecule has 2 atom stereocenters. The van der Waals surface area contributed by atoms with Crippen LogP contribution in [0.2, 0.25) is 0 Å². The summed E-state index contributed by atoms with van der Waals surface area (Å²) in [5, 5.41) is 7.98. The zero-order valence-corrected chi connectivity index (χ0v) is 19.1. The van der Waals surface area contributed by atoms with Crippen LogP contribution in [0, 0.1) is 0 Å². The van der Waals surface area contributed by atoms with Gasteiger partial charge in [0.25, 0.3) is 5.91 Å². The molecule has 1 aliphatic carbocycles. The Labute approximate surface area is 196 Å². The molecule has 2 heterocycles. The van der Waals surface area contributed by atoms with E-state index >= 15 is 0 Å². The third-order valence-electron chi connectivity index (χ3n) is 6.96. The quantitative estimate of drug-likeness (QED) is 0.565. The fourth-order valence-electron chi connectivity index (χ4n) is 5.30. The number of rotatable bonds is 5. The lowest BCUT2D eigenvalue weighted by Crippen LogP contribution is -2.46. The van der Waals surface area contributed by atoms with Gasteiger partial charge in [0.15, 0.2) is 0 Å². The Hall–Kier alpha value is -3.29. The molecule has 6 nitrogen and oxygen atoms in total. The van der Waals surface area contributed by atoms with E-state index in [0.717, 1.165) is 29.3 Å². The minimum absolute atomic E-state index is 0.0548. The number of fused-ring (bicyclic) bond motifs is 1. The molecule has 1 N–H and O–H groups in total. The first-order valence-electron chi connectivity index (χ1n) is 11.9. The molecule has 178 valence electrons. The normalized spacial score (nSPS) is 21.9. The Morgan fingerprint density at radius 1 is 1.09 bits per heavy atom. The molecule has 0 bridgehead atoms. The van der Waals surface area contributed by atoms with E-state index in [2.05, 4.69) is 15.1 Å². The smallest absolute Gasteiger partial charge is 0.321 e. The van der Waals surface area contributed by atoms with Crippen molar-refractivity contribution in [3.8, 4) is 0 Å². The number of aromatic nitrogens is 2. The highest BCUT2D eigenvalue weighted by Crippen LogP contribution is 2.39. The molecule has 8 heteroatoms. The number of hydrogen-bond donors (Lipinski definition) is 1. The molecule has 34 heavy (non-hydrogen) atoms. The van der Waals surface area contributed by atoms with Crippen molar-refractivity contribution in [2.24, 2.45) is 0 Å². The highest BCUT2D eigenvalue weighted by molar-refractivity contribution is 6.00. The van der Waals surface area contributed by atoms with E-state index in [0.29, 0.717) is 18.7 Å². The second-order valence-electron chi connectivity index (χ2n) is 9.42. The van der Waals surface area contributed by atoms with E-state index in [1.807, 2.05) is 54.7 Å². The maximum atomic E-state index is 13.6. The fourth-order valence-corrected chi connectivity index (χ4v) is 5.30. The van der Waals surface area contributed by atoms with Gasteiger partial charge in [-0.15, -0.1) is 0 Å². The van der Waals surface area contributed by atoms with Gasteiger partial charge in [-0.1, -0.05) is 49.6 Å². The lowest BCUT2D eigenvalue weighted by atomic mass is 9.95. The van der Waals surface area contributed by atoms with Crippen LogP contribution < -0.4 is 10.2 Å². The number of alkyl halides is 2. The topological polar surface area (TPSA) is 67.2 Å². The first-order valence-corrected chi connectivity index (χ1v) is 11.9. The van der Waals surface area contributed by atoms with Gasteiger partial charge in [0, 0.05) is 24.4 Å². The SMILES string of the molecule is CC(F)(F)C(=O)N[C@H]1CC(=O)N(c2ccc3c(cnn3C3CCCCC3)c2)[C@@H]1c1ccccc1. The molecule has 2 amide bonds. The Bertz CT molecular complexity index is 1200. The molecule has 5 rings (SSSR count). The number of carbonyl (C=O) groups is 2. The Kier molecular flexibility index (Phi) is 5.83. The molecule has 1 saturated carbocycles. The van der Waals surface area contributed by atoms with Crippen LogP contribution in [0.1, 0.15) is 63.1 Å². The Morgan fingerprint density at radius 2 is 1.82 bits per heavy atom. The summed E-state index contributed by atoms with van der Waals surface area (Å²) in [6, 6.07) is 14.0. The van der Waals surface area contributed by atoms with E-state index in [4.69, 9.17) is 0 Å². The van der Waals surface area contributed by atoms with Gasteiger partial charge < -0.3 is 10.2 Å². The van der Waals surface area contributed by atoms with Crippen molar-refractivity contribution in [3.05, 3.63) is 60.3 Å². The highest BCUT2D eigenvalue weighted by Gasteiger charge is 2.45. The van der Waals surface area contributed by atoms with Crippen LogP contribution in [-0.2, 0) is 9.59 Å². The van der Waals surface area contributed by atoms with Crippen LogP contribution in [0.15, 0.2) is 54.7 Å². The van der Waals surface area contributed by atoms with Crippen molar-refractivity contribution in [2.75, 3.05) is 4.90 Å². The number of nitrogens with zero attached hydrogens (tertiary/aromatic N) is 3. The molecule has 2 fully saturated rings. The van der Waals surface area contributed by atoms with Crippen LogP contribution >= 0.6 is 0 Å². The van der Waals surface area contributed by atoms with Gasteiger partial charge in [0.05, 0.1) is 29.8 Å². The molecule has 0 unspecified atom stereocenters. The van der Waals surface area contributed by atoms with Crippen LogP contribution in [0.5, 0.6) is 0 Å². The Morgan fingerprint density at radius 3 is 2.53 bits per heavy atom. The number of halogens is 2. The summed E-state index contributed by atoms with van der Waals surface area (Å²) in [5.41, 5.74) is 2.46. The third-order valence-corrected chi connectivity index (χ3v) is 6.96. The minimum Gasteiger partial charge on any atom is -0.345 e. The van der Waals surface area contributed by atoms with E-state index < -0.39 is 23.9 Å². The van der Waals surface area contributed by atoms with E-state index in [1.54, 1.807) is 4.90 Å². The number of amides is 2. The minimum atomic E-state index is -3.52. The molecular weight excluding hydrogens is 438 g/mol. The first kappa shape index (κ1) is 22.5. The number of hydrogen-bond acceptors (Lipinski definition) is 3. The van der Waals surface area contributed by atoms with Crippen molar-refractivity contribution in [1.29, 1.82) is 0 Å². The monoisotopic (exact) mass is 466 g/mol. The molecule has 2 aromatic carbocycles. The largest absolute Gasteiger partial charge is 0.345 e. The lowest BCUT2D eigenvalue weighted by molar-refractivity contribution is -0.143. The zero-order chi connectivity index (χ0) is 23.9. The van der Waals surface area contributed by atoms with Gasteiger partial charge in [-0.2, -0.15) is 13.9 Å². The van der Waals surface area contributed by atoms with Crippen LogP contribution in [0.3, 0.4) is 0 Å². The van der Waals surface area contributed by atoms with Crippen LogP contribution in [0.25, 0.3) is 10.9 Å². The van der Waals surface area contributed by atoms with Gasteiger partial charge in [0.1, 0.15) is 0 Å². The van der Waals surface area contributed by atoms with Gasteiger partial charge in [-0.25, -0.2) is 0 Å². The lowest BCUT2D eigenvalue weighted by Gasteiger charge is -2.30. The van der Waals surface area contributed by atoms with Crippen molar-refractivity contribution >= 4 is 28.4 Å². The molecule has 1 saturated heterocycles. The molecule has 1 aliphatic heterocycles. The average Bonchev–Trinajstić information content (AvgIpc) is 3.39. The van der Waals surface area contributed by atoms with Crippen molar-refractivity contribution < 1.29 is 18.4 Å². The van der Waals surface area contributed by atoms with E-state index in [-0.39, 0.29) is 12.3 Å². The molecule has 3 aromatic rings. The second-order valence-corrected chi connectivity index (χ2v) is 9.42. The van der Waals surface area contributed by atoms with Crippen molar-refractivity contribution in [3.63, 3.8) is 0 Å². The number of nitrogens with one attached hydrogen (secondary N) is 1. The van der Waals surface area contributed by atoms with Crippen molar-refractivity contribution in [2.45, 2.75) is 69.5 Å². The predicted molar refractivity (Wildman–Crippen MR) is 126 cm³/mol. The van der Waals surface area contributed by atoms with Crippen molar-refractivity contribution in [1.82, 2.24) is 15.1 Å². The summed E-state index contributed by atoms with van der Waals surface area (Å²) in [5.74, 6) is -5.13. The highest BCUT2D eigenvalue weighted by atomic mass is 19.3. The standard InChI is InChI=1S/C26H28F2N4O2/c1-26(27,28)25(34)30-21-15-23(33)31(24(21)17-8-4-2-5-9-17)20-12-13-22-18(14-20)16-29-32(22)19-10-6-3-7-11-19/h2,4-5,8-9,12-14,16,19,21,24H,3,6-7,10-11,15H2,1H3,(H,30,34)/t21-,24+/m0/s1. The Balaban J connectivity index is 1.50. The van der Waals surface area contributed by atoms with Gasteiger partial charge >= 0.3 is 5.92 Å². The molecule has 0 radical (unpaired) electrons. The van der Waals surface area contributed by atoms with Gasteiger partial charge in [0.2, 0.25) is 5.91 Å². The molecule has 2 aliphatic rings.